The van der Waals surface area contributed by atoms with Gasteiger partial charge in [-0.05, 0) is 30.0 Å². The zero-order chi connectivity index (χ0) is 16.7. The molecule has 0 bridgehead atoms. The van der Waals surface area contributed by atoms with Crippen molar-refractivity contribution in [3.63, 3.8) is 0 Å². The first-order chi connectivity index (χ1) is 10.9. The molecule has 2 aromatic heterocycles. The van der Waals surface area contributed by atoms with Gasteiger partial charge < -0.3 is 14.6 Å². The number of hydrogen-bond donors (Lipinski definition) is 1. The maximum absolute atomic E-state index is 12.8. The van der Waals surface area contributed by atoms with Gasteiger partial charge in [0, 0.05) is 36.9 Å². The number of anilines is 1. The Morgan fingerprint density at radius 2 is 1.88 bits per heavy atom. The smallest absolute Gasteiger partial charge is 0.268 e. The molecule has 1 N–H and O–H groups in total. The summed E-state index contributed by atoms with van der Waals surface area (Å²) in [5.41, 5.74) is 0.799. The van der Waals surface area contributed by atoms with Crippen LogP contribution in [0.1, 0.15) is 15.9 Å². The standard InChI is InChI=1S/C17H16N2O3S.Cu/c1-10-9-23-17-12(10)14(20)13(16(22)19(17)3)15(21)18(2)11-7-5-4-6-8-11;/h4-9,20H,1-3H3;. The fourth-order valence-electron chi connectivity index (χ4n) is 2.58. The second-order valence-corrected chi connectivity index (χ2v) is 6.24. The number of pyridine rings is 1. The molecule has 0 unspecified atom stereocenters. The number of carbonyl (C=O) groups is 1. The Hall–Kier alpha value is -2.08. The first-order valence-corrected chi connectivity index (χ1v) is 7.94. The van der Waals surface area contributed by atoms with Gasteiger partial charge in [0.15, 0.2) is 0 Å². The van der Waals surface area contributed by atoms with Crippen LogP contribution in [-0.2, 0) is 24.1 Å². The molecule has 0 aliphatic carbocycles. The van der Waals surface area contributed by atoms with Gasteiger partial charge in [0.1, 0.15) is 16.1 Å². The van der Waals surface area contributed by atoms with Crippen LogP contribution in [0.3, 0.4) is 0 Å². The second kappa shape index (κ2) is 6.81. The van der Waals surface area contributed by atoms with E-state index in [0.29, 0.717) is 15.9 Å². The van der Waals surface area contributed by atoms with Crippen LogP contribution in [0.15, 0.2) is 40.5 Å². The number of nitrogens with zero attached hydrogens (tertiary/aromatic N) is 2. The quantitative estimate of drug-likeness (QED) is 0.683. The molecule has 0 saturated carbocycles. The van der Waals surface area contributed by atoms with E-state index in [2.05, 4.69) is 0 Å². The van der Waals surface area contributed by atoms with E-state index in [4.69, 9.17) is 0 Å². The molecule has 129 valence electrons. The van der Waals surface area contributed by atoms with Gasteiger partial charge in [-0.1, -0.05) is 18.2 Å². The first kappa shape index (κ1) is 18.3. The summed E-state index contributed by atoms with van der Waals surface area (Å²) < 4.78 is 1.42. The third-order valence-corrected chi connectivity index (χ3v) is 5.09. The van der Waals surface area contributed by atoms with E-state index in [0.717, 1.165) is 5.56 Å². The molecule has 0 fully saturated rings. The summed E-state index contributed by atoms with van der Waals surface area (Å²) in [6, 6.07) is 9.01. The van der Waals surface area contributed by atoms with Crippen molar-refractivity contribution in [2.45, 2.75) is 6.92 Å². The fourth-order valence-corrected chi connectivity index (χ4v) is 3.60. The molecule has 0 saturated heterocycles. The van der Waals surface area contributed by atoms with Gasteiger partial charge in [0.05, 0.1) is 5.39 Å². The van der Waals surface area contributed by atoms with Crippen molar-refractivity contribution in [3.8, 4) is 5.75 Å². The number of fused-ring (bicyclic) bond motifs is 1. The molecule has 1 amide bonds. The van der Waals surface area contributed by atoms with E-state index in [1.165, 1.54) is 20.8 Å². The average molecular weight is 392 g/mol. The molecule has 5 nitrogen and oxygen atoms in total. The van der Waals surface area contributed by atoms with Crippen LogP contribution < -0.4 is 10.5 Å². The van der Waals surface area contributed by atoms with Gasteiger partial charge in [0.2, 0.25) is 0 Å². The average Bonchev–Trinajstić information content (AvgIpc) is 2.95. The third kappa shape index (κ3) is 2.75. The number of hydrogen-bond acceptors (Lipinski definition) is 4. The van der Waals surface area contributed by atoms with Gasteiger partial charge in [-0.25, -0.2) is 0 Å². The molecule has 0 spiro atoms. The van der Waals surface area contributed by atoms with Gasteiger partial charge >= 0.3 is 0 Å². The first-order valence-electron chi connectivity index (χ1n) is 7.06. The summed E-state index contributed by atoms with van der Waals surface area (Å²) in [5.74, 6) is -0.767. The maximum atomic E-state index is 12.8. The second-order valence-electron chi connectivity index (χ2n) is 5.39. The number of aromatic nitrogens is 1. The topological polar surface area (TPSA) is 62.5 Å². The molecule has 7 heteroatoms. The molecular formula is C17H16CuN2O3S. The minimum atomic E-state index is -0.526. The number of thiophene rings is 1. The van der Waals surface area contributed by atoms with Crippen molar-refractivity contribution in [2.24, 2.45) is 7.05 Å². The number of rotatable bonds is 2. The van der Waals surface area contributed by atoms with Crippen LogP contribution in [0.4, 0.5) is 5.69 Å². The van der Waals surface area contributed by atoms with Crippen LogP contribution in [0.2, 0.25) is 0 Å². The summed E-state index contributed by atoms with van der Waals surface area (Å²) in [6.45, 7) is 1.85. The van der Waals surface area contributed by atoms with E-state index >= 15 is 0 Å². The molecule has 2 heterocycles. The van der Waals surface area contributed by atoms with Crippen molar-refractivity contribution in [1.82, 2.24) is 4.57 Å². The molecule has 0 aliphatic heterocycles. The van der Waals surface area contributed by atoms with Crippen molar-refractivity contribution < 1.29 is 27.0 Å². The molecular weight excluding hydrogens is 376 g/mol. The van der Waals surface area contributed by atoms with Crippen LogP contribution in [0, 0.1) is 6.92 Å². The zero-order valence-corrected chi connectivity index (χ0v) is 15.1. The molecule has 0 atom stereocenters. The Morgan fingerprint density at radius 3 is 2.50 bits per heavy atom. The van der Waals surface area contributed by atoms with E-state index in [9.17, 15) is 14.7 Å². The van der Waals surface area contributed by atoms with Crippen LogP contribution in [-0.4, -0.2) is 22.6 Å². The number of aryl methyl sites for hydroxylation is 2. The van der Waals surface area contributed by atoms with Gasteiger partial charge in [-0.15, -0.1) is 11.3 Å². The summed E-state index contributed by atoms with van der Waals surface area (Å²) >= 11 is 1.37. The van der Waals surface area contributed by atoms with Crippen LogP contribution in [0.25, 0.3) is 10.2 Å². The molecule has 3 aromatic rings. The summed E-state index contributed by atoms with van der Waals surface area (Å²) in [6.07, 6.45) is 0. The van der Waals surface area contributed by atoms with Gasteiger partial charge in [-0.3, -0.25) is 9.59 Å². The van der Waals surface area contributed by atoms with Crippen LogP contribution >= 0.6 is 11.3 Å². The fraction of sp³-hybridized carbons (Fsp3) is 0.176. The van der Waals surface area contributed by atoms with Crippen molar-refractivity contribution in [2.75, 3.05) is 11.9 Å². The summed E-state index contributed by atoms with van der Waals surface area (Å²) in [7, 11) is 3.20. The number of para-hydroxylation sites is 1. The van der Waals surface area contributed by atoms with E-state index in [1.54, 1.807) is 26.2 Å². The monoisotopic (exact) mass is 391 g/mol. The molecule has 3 rings (SSSR count). The summed E-state index contributed by atoms with van der Waals surface area (Å²) in [4.78, 5) is 27.3. The van der Waals surface area contributed by atoms with E-state index < -0.39 is 11.5 Å². The maximum Gasteiger partial charge on any atom is 0.268 e. The van der Waals surface area contributed by atoms with Crippen LogP contribution in [0.5, 0.6) is 5.75 Å². The van der Waals surface area contributed by atoms with E-state index in [-0.39, 0.29) is 28.4 Å². The zero-order valence-electron chi connectivity index (χ0n) is 13.3. The van der Waals surface area contributed by atoms with E-state index in [1.807, 2.05) is 30.5 Å². The Bertz CT molecular complexity index is 963. The Morgan fingerprint density at radius 1 is 1.25 bits per heavy atom. The Kier molecular flexibility index (Phi) is 5.18. The third-order valence-electron chi connectivity index (χ3n) is 3.91. The largest absolute Gasteiger partial charge is 0.506 e. The van der Waals surface area contributed by atoms with Gasteiger partial charge in [0.25, 0.3) is 11.5 Å². The Labute approximate surface area is 153 Å². The number of carbonyl (C=O) groups excluding carboxylic acids is 1. The van der Waals surface area contributed by atoms with Gasteiger partial charge in [-0.2, -0.15) is 0 Å². The molecule has 0 aliphatic rings. The minimum absolute atomic E-state index is 0. The molecule has 24 heavy (non-hydrogen) atoms. The SMILES string of the molecule is Cc1csc2c1c(O)c(C(=O)N(C)c1ccccc1)c(=O)n2C.[Cu]. The Balaban J connectivity index is 0.00000208. The predicted molar refractivity (Wildman–Crippen MR) is 92.6 cm³/mol. The van der Waals surface area contributed by atoms with Crippen molar-refractivity contribution in [3.05, 3.63) is 57.2 Å². The van der Waals surface area contributed by atoms with Crippen molar-refractivity contribution >= 4 is 33.1 Å². The number of amides is 1. The molecule has 1 aromatic carbocycles. The normalized spacial score (nSPS) is 10.5. The number of benzene rings is 1. The summed E-state index contributed by atoms with van der Waals surface area (Å²) in [5, 5.41) is 13.0. The predicted octanol–water partition coefficient (Wildman–Crippen LogP) is 2.89. The minimum Gasteiger partial charge on any atom is -0.506 e. The molecule has 1 radical (unpaired) electrons. The van der Waals surface area contributed by atoms with Crippen molar-refractivity contribution in [1.29, 1.82) is 0 Å². The number of aromatic hydroxyl groups is 1.